The number of halogens is 1. The number of hydrogen-bond acceptors (Lipinski definition) is 3. The third-order valence-electron chi connectivity index (χ3n) is 3.76. The van der Waals surface area contributed by atoms with E-state index in [4.69, 9.17) is 5.11 Å². The van der Waals surface area contributed by atoms with Gasteiger partial charge in [0.05, 0.1) is 23.1 Å². The summed E-state index contributed by atoms with van der Waals surface area (Å²) < 4.78 is 2.66. The van der Waals surface area contributed by atoms with Crippen LogP contribution >= 0.6 is 15.9 Å². The van der Waals surface area contributed by atoms with Crippen LogP contribution in [0.2, 0.25) is 0 Å². The van der Waals surface area contributed by atoms with Crippen LogP contribution in [-0.4, -0.2) is 44.8 Å². The molecule has 7 heteroatoms. The number of rotatable bonds is 5. The molecule has 1 amide bonds. The second kappa shape index (κ2) is 6.95. The van der Waals surface area contributed by atoms with Crippen LogP contribution in [0.4, 0.5) is 0 Å². The van der Waals surface area contributed by atoms with E-state index in [1.165, 1.54) is 25.1 Å². The molecule has 0 bridgehead atoms. The van der Waals surface area contributed by atoms with E-state index in [0.29, 0.717) is 12.0 Å². The molecule has 0 fully saturated rings. The fourth-order valence-electron chi connectivity index (χ4n) is 2.23. The third-order valence-corrected chi connectivity index (χ3v) is 4.29. The molecule has 122 valence electrons. The summed E-state index contributed by atoms with van der Waals surface area (Å²) in [5, 5.41) is 13.4. The first kappa shape index (κ1) is 17.2. The first-order chi connectivity index (χ1) is 10.9. The van der Waals surface area contributed by atoms with Gasteiger partial charge in [0.25, 0.3) is 5.91 Å². The van der Waals surface area contributed by atoms with Crippen LogP contribution in [0.25, 0.3) is 5.69 Å². The van der Waals surface area contributed by atoms with Crippen LogP contribution in [0.15, 0.2) is 34.9 Å². The molecule has 0 aliphatic rings. The summed E-state index contributed by atoms with van der Waals surface area (Å²) >= 11 is 3.38. The Morgan fingerprint density at radius 2 is 1.96 bits per heavy atom. The SMILES string of the molecule is CCc1c(C(=O)N(C)C(C)C(=O)O)cnn1-c1ccc(Br)cc1. The van der Waals surface area contributed by atoms with Crippen molar-refractivity contribution in [1.82, 2.24) is 14.7 Å². The van der Waals surface area contributed by atoms with Gasteiger partial charge < -0.3 is 10.0 Å². The Labute approximate surface area is 142 Å². The van der Waals surface area contributed by atoms with Crippen LogP contribution in [-0.2, 0) is 11.2 Å². The van der Waals surface area contributed by atoms with Gasteiger partial charge in [-0.2, -0.15) is 5.10 Å². The molecule has 0 saturated carbocycles. The van der Waals surface area contributed by atoms with Crippen LogP contribution in [0, 0.1) is 0 Å². The summed E-state index contributed by atoms with van der Waals surface area (Å²) in [7, 11) is 1.48. The lowest BCUT2D eigenvalue weighted by Crippen LogP contribution is -2.40. The lowest BCUT2D eigenvalue weighted by molar-refractivity contribution is -0.141. The number of carboxylic acid groups (broad SMARTS) is 1. The summed E-state index contributed by atoms with van der Waals surface area (Å²) in [5.74, 6) is -1.39. The highest BCUT2D eigenvalue weighted by molar-refractivity contribution is 9.10. The highest BCUT2D eigenvalue weighted by Crippen LogP contribution is 2.20. The number of aromatic nitrogens is 2. The minimum Gasteiger partial charge on any atom is -0.480 e. The Bertz CT molecular complexity index is 725. The molecule has 1 aromatic heterocycles. The van der Waals surface area contributed by atoms with Gasteiger partial charge in [-0.15, -0.1) is 0 Å². The zero-order chi connectivity index (χ0) is 17.1. The van der Waals surface area contributed by atoms with Gasteiger partial charge in [-0.3, -0.25) is 4.79 Å². The molecule has 0 spiro atoms. The topological polar surface area (TPSA) is 75.4 Å². The van der Waals surface area contributed by atoms with Gasteiger partial charge in [0, 0.05) is 11.5 Å². The number of carbonyl (C=O) groups excluding carboxylic acids is 1. The molecule has 0 saturated heterocycles. The maximum Gasteiger partial charge on any atom is 0.326 e. The van der Waals surface area contributed by atoms with Crippen molar-refractivity contribution in [2.75, 3.05) is 7.05 Å². The Balaban J connectivity index is 2.40. The summed E-state index contributed by atoms with van der Waals surface area (Å²) in [5.41, 5.74) is 2.02. The maximum absolute atomic E-state index is 12.6. The van der Waals surface area contributed by atoms with Gasteiger partial charge in [-0.1, -0.05) is 22.9 Å². The van der Waals surface area contributed by atoms with E-state index in [9.17, 15) is 9.59 Å². The van der Waals surface area contributed by atoms with Crippen LogP contribution in [0.1, 0.15) is 29.9 Å². The number of carboxylic acids is 1. The molecule has 1 unspecified atom stereocenters. The number of amides is 1. The molecule has 6 nitrogen and oxygen atoms in total. The van der Waals surface area contributed by atoms with Crippen molar-refractivity contribution in [2.45, 2.75) is 26.3 Å². The van der Waals surface area contributed by atoms with Crippen molar-refractivity contribution >= 4 is 27.8 Å². The molecular formula is C16H18BrN3O3. The summed E-state index contributed by atoms with van der Waals surface area (Å²) in [6, 6.07) is 6.69. The smallest absolute Gasteiger partial charge is 0.326 e. The Morgan fingerprint density at radius 3 is 2.48 bits per heavy atom. The first-order valence-electron chi connectivity index (χ1n) is 7.19. The Hall–Kier alpha value is -2.15. The zero-order valence-corrected chi connectivity index (χ0v) is 14.7. The first-order valence-corrected chi connectivity index (χ1v) is 7.98. The van der Waals surface area contributed by atoms with Gasteiger partial charge in [0.1, 0.15) is 6.04 Å². The van der Waals surface area contributed by atoms with Crippen LogP contribution < -0.4 is 0 Å². The minimum absolute atomic E-state index is 0.347. The fourth-order valence-corrected chi connectivity index (χ4v) is 2.49. The number of hydrogen-bond donors (Lipinski definition) is 1. The predicted molar refractivity (Wildman–Crippen MR) is 89.8 cm³/mol. The van der Waals surface area contributed by atoms with E-state index in [1.807, 2.05) is 31.2 Å². The van der Waals surface area contributed by atoms with Crippen molar-refractivity contribution in [2.24, 2.45) is 0 Å². The monoisotopic (exact) mass is 379 g/mol. The summed E-state index contributed by atoms with van der Waals surface area (Å²) in [6.07, 6.45) is 2.10. The van der Waals surface area contributed by atoms with E-state index in [-0.39, 0.29) is 5.91 Å². The van der Waals surface area contributed by atoms with Crippen molar-refractivity contribution in [3.8, 4) is 5.69 Å². The fraction of sp³-hybridized carbons (Fsp3) is 0.312. The van der Waals surface area contributed by atoms with Crippen molar-refractivity contribution in [3.63, 3.8) is 0 Å². The number of likely N-dealkylation sites (N-methyl/N-ethyl adjacent to an activating group) is 1. The van der Waals surface area contributed by atoms with E-state index in [0.717, 1.165) is 15.9 Å². The highest BCUT2D eigenvalue weighted by Gasteiger charge is 2.26. The summed E-state index contributed by atoms with van der Waals surface area (Å²) in [4.78, 5) is 24.9. The number of nitrogens with zero attached hydrogens (tertiary/aromatic N) is 3. The minimum atomic E-state index is -1.04. The quantitative estimate of drug-likeness (QED) is 0.866. The standard InChI is InChI=1S/C16H18BrN3O3/c1-4-14-13(15(21)19(3)10(2)16(22)23)9-18-20(14)12-7-5-11(17)6-8-12/h5-10H,4H2,1-3H3,(H,22,23). The molecule has 0 radical (unpaired) electrons. The van der Waals surface area contributed by atoms with Crippen molar-refractivity contribution in [1.29, 1.82) is 0 Å². The van der Waals surface area contributed by atoms with E-state index < -0.39 is 12.0 Å². The predicted octanol–water partition coefficient (Wildman–Crippen LogP) is 2.74. The largest absolute Gasteiger partial charge is 0.480 e. The second-order valence-electron chi connectivity index (χ2n) is 5.18. The van der Waals surface area contributed by atoms with E-state index in [1.54, 1.807) is 4.68 Å². The second-order valence-corrected chi connectivity index (χ2v) is 6.09. The lowest BCUT2D eigenvalue weighted by Gasteiger charge is -2.21. The lowest BCUT2D eigenvalue weighted by atomic mass is 10.1. The van der Waals surface area contributed by atoms with Gasteiger partial charge >= 0.3 is 5.97 Å². The maximum atomic E-state index is 12.6. The molecule has 1 heterocycles. The van der Waals surface area contributed by atoms with Gasteiger partial charge in [-0.25, -0.2) is 9.48 Å². The molecule has 2 rings (SSSR count). The number of benzene rings is 1. The molecule has 23 heavy (non-hydrogen) atoms. The molecule has 1 aromatic carbocycles. The number of aliphatic carboxylic acids is 1. The molecule has 0 aliphatic carbocycles. The summed E-state index contributed by atoms with van der Waals surface area (Å²) in [6.45, 7) is 3.41. The molecule has 0 aliphatic heterocycles. The molecular weight excluding hydrogens is 362 g/mol. The van der Waals surface area contributed by atoms with Crippen LogP contribution in [0.5, 0.6) is 0 Å². The average Bonchev–Trinajstić information content (AvgIpc) is 2.97. The van der Waals surface area contributed by atoms with Crippen LogP contribution in [0.3, 0.4) is 0 Å². The average molecular weight is 380 g/mol. The third kappa shape index (κ3) is 3.44. The number of carbonyl (C=O) groups is 2. The Kier molecular flexibility index (Phi) is 5.20. The highest BCUT2D eigenvalue weighted by atomic mass is 79.9. The normalized spacial score (nSPS) is 12.0. The van der Waals surface area contributed by atoms with E-state index in [2.05, 4.69) is 21.0 Å². The zero-order valence-electron chi connectivity index (χ0n) is 13.2. The van der Waals surface area contributed by atoms with Gasteiger partial charge in [0.2, 0.25) is 0 Å². The van der Waals surface area contributed by atoms with E-state index >= 15 is 0 Å². The van der Waals surface area contributed by atoms with Crippen molar-refractivity contribution in [3.05, 3.63) is 46.2 Å². The molecule has 2 aromatic rings. The van der Waals surface area contributed by atoms with Crippen molar-refractivity contribution < 1.29 is 14.7 Å². The van der Waals surface area contributed by atoms with Gasteiger partial charge in [-0.05, 0) is 37.6 Å². The molecule has 1 N–H and O–H groups in total. The molecule has 1 atom stereocenters. The van der Waals surface area contributed by atoms with Gasteiger partial charge in [0.15, 0.2) is 0 Å². The Morgan fingerprint density at radius 1 is 1.35 bits per heavy atom.